The number of hydrogen-bond acceptors (Lipinski definition) is 3. The first-order valence-corrected chi connectivity index (χ1v) is 7.30. The smallest absolute Gasteiger partial charge is 0.124 e. The van der Waals surface area contributed by atoms with Gasteiger partial charge in [0.15, 0.2) is 0 Å². The summed E-state index contributed by atoms with van der Waals surface area (Å²) >= 11 is 6.05. The molecule has 0 aliphatic carbocycles. The standard InChI is InChI=1S/C15H22ClNO2/c1-11(2)19-15-6-5-13(16)8-12(15)9-17-10-14-4-3-7-18-14/h5-6,8,11,14,17H,3-4,7,9-10H2,1-2H3. The molecule has 3 nitrogen and oxygen atoms in total. The lowest BCUT2D eigenvalue weighted by Gasteiger charge is -2.16. The molecule has 0 radical (unpaired) electrons. The van der Waals surface area contributed by atoms with Crippen LogP contribution in [0.5, 0.6) is 5.75 Å². The second kappa shape index (κ2) is 7.13. The number of hydrogen-bond donors (Lipinski definition) is 1. The van der Waals surface area contributed by atoms with Crippen LogP contribution in [0.15, 0.2) is 18.2 Å². The molecule has 1 fully saturated rings. The molecule has 1 aliphatic rings. The highest BCUT2D eigenvalue weighted by molar-refractivity contribution is 6.30. The van der Waals surface area contributed by atoms with Gasteiger partial charge in [-0.25, -0.2) is 0 Å². The summed E-state index contributed by atoms with van der Waals surface area (Å²) in [6.07, 6.45) is 2.84. The van der Waals surface area contributed by atoms with Crippen molar-refractivity contribution in [3.05, 3.63) is 28.8 Å². The van der Waals surface area contributed by atoms with Crippen LogP contribution in [0.1, 0.15) is 32.3 Å². The first-order chi connectivity index (χ1) is 9.15. The van der Waals surface area contributed by atoms with Crippen LogP contribution in [0.3, 0.4) is 0 Å². The van der Waals surface area contributed by atoms with Gasteiger partial charge in [0.2, 0.25) is 0 Å². The zero-order chi connectivity index (χ0) is 13.7. The van der Waals surface area contributed by atoms with Crippen molar-refractivity contribution in [2.75, 3.05) is 13.2 Å². The summed E-state index contributed by atoms with van der Waals surface area (Å²) in [7, 11) is 0. The maximum absolute atomic E-state index is 6.05. The van der Waals surface area contributed by atoms with Crippen LogP contribution < -0.4 is 10.1 Å². The summed E-state index contributed by atoms with van der Waals surface area (Å²) < 4.78 is 11.4. The largest absolute Gasteiger partial charge is 0.491 e. The van der Waals surface area contributed by atoms with Crippen molar-refractivity contribution >= 4 is 11.6 Å². The summed E-state index contributed by atoms with van der Waals surface area (Å²) in [5.74, 6) is 0.902. The summed E-state index contributed by atoms with van der Waals surface area (Å²) in [4.78, 5) is 0. The van der Waals surface area contributed by atoms with Gasteiger partial charge < -0.3 is 14.8 Å². The highest BCUT2D eigenvalue weighted by atomic mass is 35.5. The normalized spacial score (nSPS) is 19.1. The zero-order valence-corrected chi connectivity index (χ0v) is 12.4. The average Bonchev–Trinajstić information content (AvgIpc) is 2.85. The quantitative estimate of drug-likeness (QED) is 0.868. The molecule has 1 aliphatic heterocycles. The molecular formula is C15H22ClNO2. The Morgan fingerprint density at radius 1 is 1.47 bits per heavy atom. The van der Waals surface area contributed by atoms with Crippen molar-refractivity contribution in [3.63, 3.8) is 0 Å². The fourth-order valence-corrected chi connectivity index (χ4v) is 2.42. The van der Waals surface area contributed by atoms with E-state index in [2.05, 4.69) is 5.32 Å². The van der Waals surface area contributed by atoms with Gasteiger partial charge in [-0.1, -0.05) is 11.6 Å². The van der Waals surface area contributed by atoms with Crippen LogP contribution in [0, 0.1) is 0 Å². The Hall–Kier alpha value is -0.770. The van der Waals surface area contributed by atoms with Gasteiger partial charge in [0.25, 0.3) is 0 Å². The van der Waals surface area contributed by atoms with Crippen molar-refractivity contribution in [2.24, 2.45) is 0 Å². The zero-order valence-electron chi connectivity index (χ0n) is 11.6. The van der Waals surface area contributed by atoms with Gasteiger partial charge in [-0.15, -0.1) is 0 Å². The Labute approximate surface area is 120 Å². The molecule has 0 bridgehead atoms. The van der Waals surface area contributed by atoms with Crippen molar-refractivity contribution in [2.45, 2.75) is 45.4 Å². The highest BCUT2D eigenvalue weighted by Crippen LogP contribution is 2.24. The van der Waals surface area contributed by atoms with E-state index in [-0.39, 0.29) is 6.10 Å². The number of rotatable bonds is 6. The average molecular weight is 284 g/mol. The predicted octanol–water partition coefficient (Wildman–Crippen LogP) is 3.40. The van der Waals surface area contributed by atoms with E-state index in [9.17, 15) is 0 Å². The molecule has 1 aromatic carbocycles. The summed E-state index contributed by atoms with van der Waals surface area (Å²) in [6, 6.07) is 5.76. The summed E-state index contributed by atoms with van der Waals surface area (Å²) in [5.41, 5.74) is 1.10. The molecule has 1 saturated heterocycles. The van der Waals surface area contributed by atoms with Crippen LogP contribution >= 0.6 is 11.6 Å². The first kappa shape index (κ1) is 14.6. The van der Waals surface area contributed by atoms with Crippen LogP contribution in [0.4, 0.5) is 0 Å². The second-order valence-corrected chi connectivity index (χ2v) is 5.62. The Bertz CT molecular complexity index is 403. The van der Waals surface area contributed by atoms with Crippen LogP contribution in [0.25, 0.3) is 0 Å². The van der Waals surface area contributed by atoms with Crippen LogP contribution in [-0.4, -0.2) is 25.4 Å². The lowest BCUT2D eigenvalue weighted by atomic mass is 10.2. The summed E-state index contributed by atoms with van der Waals surface area (Å²) in [5, 5.41) is 4.16. The van der Waals surface area contributed by atoms with E-state index in [0.717, 1.165) is 42.5 Å². The molecule has 19 heavy (non-hydrogen) atoms. The van der Waals surface area contributed by atoms with Crippen LogP contribution in [-0.2, 0) is 11.3 Å². The highest BCUT2D eigenvalue weighted by Gasteiger charge is 2.15. The van der Waals surface area contributed by atoms with Gasteiger partial charge in [-0.05, 0) is 44.9 Å². The van der Waals surface area contributed by atoms with E-state index in [1.54, 1.807) is 0 Å². The van der Waals surface area contributed by atoms with E-state index >= 15 is 0 Å². The van der Waals surface area contributed by atoms with Crippen molar-refractivity contribution < 1.29 is 9.47 Å². The number of halogens is 1. The van der Waals surface area contributed by atoms with E-state index in [4.69, 9.17) is 21.1 Å². The van der Waals surface area contributed by atoms with Crippen molar-refractivity contribution in [1.29, 1.82) is 0 Å². The second-order valence-electron chi connectivity index (χ2n) is 5.18. The number of benzene rings is 1. The van der Waals surface area contributed by atoms with Gasteiger partial charge in [0.1, 0.15) is 5.75 Å². The Morgan fingerprint density at radius 2 is 2.32 bits per heavy atom. The molecule has 0 saturated carbocycles. The third-order valence-corrected chi connectivity index (χ3v) is 3.33. The van der Waals surface area contributed by atoms with Gasteiger partial charge in [0, 0.05) is 30.3 Å². The van der Waals surface area contributed by atoms with Gasteiger partial charge >= 0.3 is 0 Å². The summed E-state index contributed by atoms with van der Waals surface area (Å²) in [6.45, 7) is 6.58. The molecule has 1 unspecified atom stereocenters. The molecule has 0 spiro atoms. The number of nitrogens with one attached hydrogen (secondary N) is 1. The maximum atomic E-state index is 6.05. The third-order valence-electron chi connectivity index (χ3n) is 3.10. The molecule has 1 N–H and O–H groups in total. The van der Waals surface area contributed by atoms with Gasteiger partial charge in [-0.2, -0.15) is 0 Å². The minimum atomic E-state index is 0.165. The molecule has 106 valence electrons. The molecule has 4 heteroatoms. The van der Waals surface area contributed by atoms with E-state index in [1.165, 1.54) is 6.42 Å². The van der Waals surface area contributed by atoms with Crippen molar-refractivity contribution in [3.8, 4) is 5.75 Å². The lowest BCUT2D eigenvalue weighted by Crippen LogP contribution is -2.26. The fraction of sp³-hybridized carbons (Fsp3) is 0.600. The van der Waals surface area contributed by atoms with Gasteiger partial charge in [-0.3, -0.25) is 0 Å². The van der Waals surface area contributed by atoms with E-state index in [1.807, 2.05) is 32.0 Å². The number of ether oxygens (including phenoxy) is 2. The molecule has 2 rings (SSSR count). The first-order valence-electron chi connectivity index (χ1n) is 6.92. The molecule has 1 atom stereocenters. The molecule has 1 aromatic rings. The predicted molar refractivity (Wildman–Crippen MR) is 77.9 cm³/mol. The molecule has 0 amide bonds. The topological polar surface area (TPSA) is 30.5 Å². The Kier molecular flexibility index (Phi) is 5.49. The Morgan fingerprint density at radius 3 is 3.00 bits per heavy atom. The molecular weight excluding hydrogens is 262 g/mol. The van der Waals surface area contributed by atoms with Gasteiger partial charge in [0.05, 0.1) is 12.2 Å². The maximum Gasteiger partial charge on any atom is 0.124 e. The Balaban J connectivity index is 1.91. The third kappa shape index (κ3) is 4.68. The van der Waals surface area contributed by atoms with Crippen molar-refractivity contribution in [1.82, 2.24) is 5.32 Å². The fourth-order valence-electron chi connectivity index (χ4n) is 2.23. The SMILES string of the molecule is CC(C)Oc1ccc(Cl)cc1CNCC1CCCO1. The minimum absolute atomic E-state index is 0.165. The van der Waals surface area contributed by atoms with E-state index < -0.39 is 0 Å². The molecule has 1 heterocycles. The monoisotopic (exact) mass is 283 g/mol. The molecule has 0 aromatic heterocycles. The minimum Gasteiger partial charge on any atom is -0.491 e. The van der Waals surface area contributed by atoms with Crippen LogP contribution in [0.2, 0.25) is 5.02 Å². The van der Waals surface area contributed by atoms with E-state index in [0.29, 0.717) is 6.10 Å². The lowest BCUT2D eigenvalue weighted by molar-refractivity contribution is 0.110.